The molecule has 0 radical (unpaired) electrons. The summed E-state index contributed by atoms with van der Waals surface area (Å²) in [5.74, 6) is -1.75. The average molecular weight is 382 g/mol. The van der Waals surface area contributed by atoms with E-state index in [1.807, 2.05) is 0 Å². The van der Waals surface area contributed by atoms with E-state index < -0.39 is 23.9 Å². The Morgan fingerprint density at radius 3 is 2.59 bits per heavy atom. The molecule has 1 saturated heterocycles. The number of allylic oxidation sites excluding steroid dienone is 2. The highest BCUT2D eigenvalue weighted by atomic mass is 16.7. The zero-order valence-electron chi connectivity index (χ0n) is 15.3. The molecule has 2 rings (SSSR count). The Hall–Kier alpha value is -2.42. The fourth-order valence-corrected chi connectivity index (χ4v) is 2.72. The van der Waals surface area contributed by atoms with Crippen LogP contribution in [0.4, 0.5) is 4.79 Å². The van der Waals surface area contributed by atoms with Crippen molar-refractivity contribution >= 4 is 23.9 Å². The Morgan fingerprint density at radius 2 is 1.81 bits per heavy atom. The molecule has 0 aromatic heterocycles. The van der Waals surface area contributed by atoms with Crippen LogP contribution in [0, 0.1) is 0 Å². The highest BCUT2D eigenvalue weighted by molar-refractivity contribution is 6.01. The van der Waals surface area contributed by atoms with E-state index in [1.165, 1.54) is 0 Å². The van der Waals surface area contributed by atoms with Crippen LogP contribution in [-0.4, -0.2) is 54.8 Å². The van der Waals surface area contributed by atoms with Crippen LogP contribution < -0.4 is 5.32 Å². The third-order valence-electron chi connectivity index (χ3n) is 4.16. The van der Waals surface area contributed by atoms with Gasteiger partial charge in [-0.15, -0.1) is 5.06 Å². The van der Waals surface area contributed by atoms with E-state index in [-0.39, 0.29) is 45.1 Å². The van der Waals surface area contributed by atoms with Crippen LogP contribution in [0.3, 0.4) is 0 Å². The van der Waals surface area contributed by atoms with E-state index in [0.717, 1.165) is 32.1 Å². The SMILES string of the molecule is O=C(CCOCCNC(=O)OC1CCC=CCCC1)ON1C(=O)CCC1=O. The first-order chi connectivity index (χ1) is 13.1. The maximum atomic E-state index is 11.8. The molecule has 1 heterocycles. The maximum Gasteiger partial charge on any atom is 0.407 e. The Morgan fingerprint density at radius 1 is 1.07 bits per heavy atom. The smallest absolute Gasteiger partial charge is 0.407 e. The van der Waals surface area contributed by atoms with Crippen molar-refractivity contribution in [3.8, 4) is 0 Å². The summed E-state index contributed by atoms with van der Waals surface area (Å²) in [4.78, 5) is 50.7. The van der Waals surface area contributed by atoms with Crippen molar-refractivity contribution in [2.75, 3.05) is 19.8 Å². The molecule has 1 aliphatic carbocycles. The molecule has 0 saturated carbocycles. The van der Waals surface area contributed by atoms with Gasteiger partial charge in [-0.2, -0.15) is 0 Å². The van der Waals surface area contributed by atoms with Gasteiger partial charge >= 0.3 is 12.1 Å². The van der Waals surface area contributed by atoms with Gasteiger partial charge < -0.3 is 19.6 Å². The highest BCUT2D eigenvalue weighted by Gasteiger charge is 2.32. The molecule has 9 heteroatoms. The molecular weight excluding hydrogens is 356 g/mol. The predicted octanol–water partition coefficient (Wildman–Crippen LogP) is 1.62. The molecule has 1 aliphatic heterocycles. The van der Waals surface area contributed by atoms with Crippen molar-refractivity contribution in [2.45, 2.75) is 57.5 Å². The molecule has 0 aromatic carbocycles. The minimum Gasteiger partial charge on any atom is -0.446 e. The van der Waals surface area contributed by atoms with Crippen molar-refractivity contribution in [2.24, 2.45) is 0 Å². The van der Waals surface area contributed by atoms with Gasteiger partial charge in [0.15, 0.2) is 0 Å². The largest absolute Gasteiger partial charge is 0.446 e. The quantitative estimate of drug-likeness (QED) is 0.386. The number of amides is 3. The lowest BCUT2D eigenvalue weighted by Crippen LogP contribution is -2.33. The molecule has 1 fully saturated rings. The number of nitrogens with one attached hydrogen (secondary N) is 1. The molecule has 150 valence electrons. The number of hydroxylamine groups is 2. The number of hydrogen-bond acceptors (Lipinski definition) is 7. The second-order valence-corrected chi connectivity index (χ2v) is 6.34. The monoisotopic (exact) mass is 382 g/mol. The van der Waals surface area contributed by atoms with Crippen LogP contribution in [0.25, 0.3) is 0 Å². The molecule has 0 bridgehead atoms. The summed E-state index contributed by atoms with van der Waals surface area (Å²) < 4.78 is 10.6. The Labute approximate surface area is 157 Å². The minimum absolute atomic E-state index is 0.0563. The van der Waals surface area contributed by atoms with Crippen molar-refractivity contribution in [1.29, 1.82) is 0 Å². The number of hydrogen-bond donors (Lipinski definition) is 1. The summed E-state index contributed by atoms with van der Waals surface area (Å²) in [6.45, 7) is 0.516. The Balaban J connectivity index is 1.49. The average Bonchev–Trinajstić information content (AvgIpc) is 2.92. The zero-order chi connectivity index (χ0) is 19.5. The molecule has 0 spiro atoms. The molecule has 1 atom stereocenters. The lowest BCUT2D eigenvalue weighted by molar-refractivity contribution is -0.198. The molecular formula is C18H26N2O7. The molecule has 2 aliphatic rings. The lowest BCUT2D eigenvalue weighted by atomic mass is 10.0. The number of carbonyl (C=O) groups excluding carboxylic acids is 4. The summed E-state index contributed by atoms with van der Waals surface area (Å²) in [7, 11) is 0. The molecule has 9 nitrogen and oxygen atoms in total. The van der Waals surface area contributed by atoms with Crippen molar-refractivity contribution in [3.63, 3.8) is 0 Å². The molecule has 3 amide bonds. The first-order valence-corrected chi connectivity index (χ1v) is 9.30. The van der Waals surface area contributed by atoms with Gasteiger partial charge in [0.25, 0.3) is 11.8 Å². The molecule has 0 aromatic rings. The van der Waals surface area contributed by atoms with Crippen LogP contribution in [-0.2, 0) is 28.7 Å². The van der Waals surface area contributed by atoms with E-state index in [1.54, 1.807) is 0 Å². The number of alkyl carbamates (subject to hydrolysis) is 1. The van der Waals surface area contributed by atoms with Crippen molar-refractivity contribution in [1.82, 2.24) is 10.4 Å². The third kappa shape index (κ3) is 7.78. The van der Waals surface area contributed by atoms with Crippen LogP contribution in [0.15, 0.2) is 12.2 Å². The first kappa shape index (κ1) is 20.9. The minimum atomic E-state index is -0.718. The van der Waals surface area contributed by atoms with Gasteiger partial charge in [-0.3, -0.25) is 9.59 Å². The van der Waals surface area contributed by atoms with E-state index in [2.05, 4.69) is 17.5 Å². The Bertz CT molecular complexity index is 560. The van der Waals surface area contributed by atoms with Crippen LogP contribution >= 0.6 is 0 Å². The van der Waals surface area contributed by atoms with Gasteiger partial charge in [0, 0.05) is 19.4 Å². The normalized spacial score (nSPS) is 20.1. The summed E-state index contributed by atoms with van der Waals surface area (Å²) in [5.41, 5.74) is 0. The maximum absolute atomic E-state index is 11.8. The zero-order valence-corrected chi connectivity index (χ0v) is 15.3. The van der Waals surface area contributed by atoms with Gasteiger partial charge in [-0.1, -0.05) is 12.2 Å². The van der Waals surface area contributed by atoms with Gasteiger partial charge in [0.2, 0.25) is 0 Å². The van der Waals surface area contributed by atoms with Gasteiger partial charge in [0.1, 0.15) is 6.10 Å². The van der Waals surface area contributed by atoms with E-state index >= 15 is 0 Å². The highest BCUT2D eigenvalue weighted by Crippen LogP contribution is 2.15. The van der Waals surface area contributed by atoms with Gasteiger partial charge in [0.05, 0.1) is 19.6 Å². The van der Waals surface area contributed by atoms with Crippen LogP contribution in [0.5, 0.6) is 0 Å². The van der Waals surface area contributed by atoms with Crippen LogP contribution in [0.1, 0.15) is 51.4 Å². The Kier molecular flexibility index (Phi) is 8.76. The van der Waals surface area contributed by atoms with Crippen molar-refractivity contribution < 1.29 is 33.5 Å². The van der Waals surface area contributed by atoms with Crippen molar-refractivity contribution in [3.05, 3.63) is 12.2 Å². The van der Waals surface area contributed by atoms with Crippen LogP contribution in [0.2, 0.25) is 0 Å². The fraction of sp³-hybridized carbons (Fsp3) is 0.667. The predicted molar refractivity (Wildman–Crippen MR) is 93.1 cm³/mol. The van der Waals surface area contributed by atoms with E-state index in [9.17, 15) is 19.2 Å². The second kappa shape index (κ2) is 11.3. The van der Waals surface area contributed by atoms with Gasteiger partial charge in [-0.25, -0.2) is 9.59 Å². The summed E-state index contributed by atoms with van der Waals surface area (Å²) in [5, 5.41) is 3.11. The van der Waals surface area contributed by atoms with E-state index in [4.69, 9.17) is 14.3 Å². The molecule has 1 unspecified atom stereocenters. The summed E-state index contributed by atoms with van der Waals surface area (Å²) >= 11 is 0. The number of carbonyl (C=O) groups is 4. The number of nitrogens with zero attached hydrogens (tertiary/aromatic N) is 1. The third-order valence-corrected chi connectivity index (χ3v) is 4.16. The molecule has 1 N–H and O–H groups in total. The summed E-state index contributed by atoms with van der Waals surface area (Å²) in [6.07, 6.45) is 8.35. The standard InChI is InChI=1S/C18H26N2O7/c21-15-8-9-16(22)20(15)27-17(23)10-12-25-13-11-19-18(24)26-14-6-4-2-1-3-5-7-14/h1-2,14H,3-13H2,(H,19,24). The fourth-order valence-electron chi connectivity index (χ4n) is 2.72. The summed E-state index contributed by atoms with van der Waals surface area (Å²) in [6, 6.07) is 0. The lowest BCUT2D eigenvalue weighted by Gasteiger charge is -2.18. The van der Waals surface area contributed by atoms with Gasteiger partial charge in [-0.05, 0) is 32.1 Å². The molecule has 27 heavy (non-hydrogen) atoms. The number of imide groups is 1. The number of rotatable bonds is 8. The number of ether oxygens (including phenoxy) is 2. The first-order valence-electron chi connectivity index (χ1n) is 9.30. The van der Waals surface area contributed by atoms with E-state index in [0.29, 0.717) is 5.06 Å². The second-order valence-electron chi connectivity index (χ2n) is 6.34. The topological polar surface area (TPSA) is 111 Å².